The standard InChI is InChI=1S/C26H39N7O5/c1-26(2,3)38-25(35)29-20-13-21(32(5)16-20)14-28-23(27)17-31(4)11-10-19(30-36)9-8-18-12-22(24(34)37-7)33(6)15-18/h8-10,12-13,15-17,28,30,36H,11,14,27H2,1-7H3,(H,29,35)/b9-8?,19-10?,23-17+. The number of aryl methyl sites for hydroxylation is 2. The van der Waals surface area contributed by atoms with Gasteiger partial charge in [0.1, 0.15) is 17.1 Å². The van der Waals surface area contributed by atoms with Crippen molar-refractivity contribution in [2.45, 2.75) is 32.9 Å². The molecule has 0 bridgehead atoms. The summed E-state index contributed by atoms with van der Waals surface area (Å²) in [5, 5.41) is 15.3. The minimum Gasteiger partial charge on any atom is -0.464 e. The Labute approximate surface area is 223 Å². The highest BCUT2D eigenvalue weighted by molar-refractivity contribution is 5.88. The molecule has 0 saturated carbocycles. The van der Waals surface area contributed by atoms with E-state index in [2.05, 4.69) is 16.1 Å². The highest BCUT2D eigenvalue weighted by Gasteiger charge is 2.17. The van der Waals surface area contributed by atoms with Crippen LogP contribution in [0.15, 0.2) is 54.4 Å². The van der Waals surface area contributed by atoms with Gasteiger partial charge in [-0.05, 0) is 50.6 Å². The molecule has 38 heavy (non-hydrogen) atoms. The summed E-state index contributed by atoms with van der Waals surface area (Å²) < 4.78 is 13.6. The number of hydroxylamine groups is 1. The van der Waals surface area contributed by atoms with Gasteiger partial charge in [-0.15, -0.1) is 0 Å². The van der Waals surface area contributed by atoms with Crippen molar-refractivity contribution in [3.05, 3.63) is 71.3 Å². The molecule has 0 saturated heterocycles. The molecule has 2 aromatic heterocycles. The van der Waals surface area contributed by atoms with Gasteiger partial charge in [0.25, 0.3) is 0 Å². The van der Waals surface area contributed by atoms with Crippen molar-refractivity contribution < 1.29 is 24.3 Å². The summed E-state index contributed by atoms with van der Waals surface area (Å²) in [5.74, 6) is 0.0188. The number of rotatable bonds is 11. The molecule has 0 spiro atoms. The maximum absolute atomic E-state index is 12.0. The molecular weight excluding hydrogens is 490 g/mol. The number of hydrogen-bond acceptors (Lipinski definition) is 9. The van der Waals surface area contributed by atoms with Gasteiger partial charge in [-0.2, -0.15) is 0 Å². The van der Waals surface area contributed by atoms with Gasteiger partial charge < -0.3 is 34.6 Å². The first-order valence-corrected chi connectivity index (χ1v) is 11.9. The van der Waals surface area contributed by atoms with E-state index in [0.717, 1.165) is 11.3 Å². The number of nitrogens with two attached hydrogens (primary N) is 1. The average molecular weight is 530 g/mol. The van der Waals surface area contributed by atoms with Crippen molar-refractivity contribution in [2.75, 3.05) is 26.0 Å². The number of carbonyl (C=O) groups is 2. The van der Waals surface area contributed by atoms with Crippen LogP contribution in [0.1, 0.15) is 42.5 Å². The molecule has 208 valence electrons. The maximum atomic E-state index is 12.0. The molecule has 0 fully saturated rings. The van der Waals surface area contributed by atoms with Crippen LogP contribution >= 0.6 is 0 Å². The van der Waals surface area contributed by atoms with E-state index in [1.807, 2.05) is 29.6 Å². The highest BCUT2D eigenvalue weighted by Crippen LogP contribution is 2.15. The van der Waals surface area contributed by atoms with Crippen molar-refractivity contribution in [2.24, 2.45) is 19.8 Å². The van der Waals surface area contributed by atoms with Crippen LogP contribution in [0.2, 0.25) is 0 Å². The van der Waals surface area contributed by atoms with E-state index >= 15 is 0 Å². The van der Waals surface area contributed by atoms with Crippen LogP contribution < -0.4 is 21.8 Å². The Balaban J connectivity index is 1.91. The lowest BCUT2D eigenvalue weighted by atomic mass is 10.2. The number of nitrogens with zero attached hydrogens (tertiary/aromatic N) is 3. The molecule has 0 unspecified atom stereocenters. The Bertz CT molecular complexity index is 1200. The summed E-state index contributed by atoms with van der Waals surface area (Å²) in [7, 11) is 6.80. The largest absolute Gasteiger partial charge is 0.464 e. The number of amides is 1. The first-order chi connectivity index (χ1) is 17.8. The van der Waals surface area contributed by atoms with E-state index in [9.17, 15) is 14.8 Å². The maximum Gasteiger partial charge on any atom is 0.412 e. The number of methoxy groups -OCH3 is 1. The van der Waals surface area contributed by atoms with E-state index in [1.54, 1.807) is 75.3 Å². The van der Waals surface area contributed by atoms with E-state index in [4.69, 9.17) is 15.2 Å². The number of ether oxygens (including phenoxy) is 2. The zero-order chi connectivity index (χ0) is 28.5. The van der Waals surface area contributed by atoms with Crippen molar-refractivity contribution in [1.82, 2.24) is 24.8 Å². The normalized spacial score (nSPS) is 12.4. The van der Waals surface area contributed by atoms with Crippen LogP contribution in [-0.2, 0) is 30.1 Å². The quantitative estimate of drug-likeness (QED) is 0.168. The molecule has 12 heteroatoms. The minimum atomic E-state index is -0.578. The smallest absolute Gasteiger partial charge is 0.412 e. The molecule has 0 aliphatic carbocycles. The van der Waals surface area contributed by atoms with Crippen LogP contribution in [0.25, 0.3) is 6.08 Å². The van der Waals surface area contributed by atoms with Crippen molar-refractivity contribution >= 4 is 23.8 Å². The molecule has 12 nitrogen and oxygen atoms in total. The summed E-state index contributed by atoms with van der Waals surface area (Å²) in [4.78, 5) is 25.6. The second-order valence-electron chi connectivity index (χ2n) is 9.70. The number of esters is 1. The van der Waals surface area contributed by atoms with Gasteiger partial charge in [0.05, 0.1) is 25.0 Å². The molecule has 2 heterocycles. The first kappa shape index (κ1) is 29.9. The molecule has 0 aliphatic heterocycles. The summed E-state index contributed by atoms with van der Waals surface area (Å²) in [6.07, 6.45) is 10.0. The SMILES string of the molecule is COC(=O)c1cc(C=CC(=CCN(C)/C=C(\N)NCc2cc(NC(=O)OC(C)(C)C)cn2C)NO)cn1C. The molecule has 0 aromatic carbocycles. The number of hydrogen-bond donors (Lipinski definition) is 5. The fraction of sp³-hybridized carbons (Fsp3) is 0.385. The van der Waals surface area contributed by atoms with Gasteiger partial charge in [0, 0.05) is 52.0 Å². The van der Waals surface area contributed by atoms with E-state index in [1.165, 1.54) is 7.11 Å². The van der Waals surface area contributed by atoms with E-state index < -0.39 is 17.7 Å². The Morgan fingerprint density at radius 2 is 1.89 bits per heavy atom. The Morgan fingerprint density at radius 1 is 1.18 bits per heavy atom. The topological polar surface area (TPSA) is 148 Å². The van der Waals surface area contributed by atoms with Gasteiger partial charge in [0.15, 0.2) is 0 Å². The molecule has 2 rings (SSSR count). The Kier molecular flexibility index (Phi) is 10.5. The lowest BCUT2D eigenvalue weighted by Crippen LogP contribution is -2.27. The zero-order valence-electron chi connectivity index (χ0n) is 23.0. The van der Waals surface area contributed by atoms with Crippen molar-refractivity contribution in [1.29, 1.82) is 0 Å². The van der Waals surface area contributed by atoms with Crippen molar-refractivity contribution in [3.8, 4) is 0 Å². The fourth-order valence-corrected chi connectivity index (χ4v) is 3.37. The number of allylic oxidation sites excluding steroid dienone is 1. The predicted molar refractivity (Wildman–Crippen MR) is 146 cm³/mol. The first-order valence-electron chi connectivity index (χ1n) is 11.9. The third kappa shape index (κ3) is 9.62. The number of nitrogens with one attached hydrogen (secondary N) is 3. The lowest BCUT2D eigenvalue weighted by molar-refractivity contribution is 0.0588. The lowest BCUT2D eigenvalue weighted by Gasteiger charge is -2.19. The summed E-state index contributed by atoms with van der Waals surface area (Å²) in [5.41, 5.74) is 10.9. The third-order valence-electron chi connectivity index (χ3n) is 5.19. The van der Waals surface area contributed by atoms with E-state index in [0.29, 0.717) is 36.0 Å². The van der Waals surface area contributed by atoms with Gasteiger partial charge in [0.2, 0.25) is 0 Å². The van der Waals surface area contributed by atoms with E-state index in [-0.39, 0.29) is 0 Å². The monoisotopic (exact) mass is 529 g/mol. The van der Waals surface area contributed by atoms with Gasteiger partial charge in [-0.3, -0.25) is 16.0 Å². The number of anilines is 1. The Morgan fingerprint density at radius 3 is 2.53 bits per heavy atom. The molecule has 6 N–H and O–H groups in total. The summed E-state index contributed by atoms with van der Waals surface area (Å²) in [6.45, 7) is 6.31. The predicted octanol–water partition coefficient (Wildman–Crippen LogP) is 2.85. The van der Waals surface area contributed by atoms with Crippen LogP contribution in [0, 0.1) is 0 Å². The Hall–Kier alpha value is -4.32. The molecule has 0 aliphatic rings. The third-order valence-corrected chi connectivity index (χ3v) is 5.19. The van der Waals surface area contributed by atoms with Crippen molar-refractivity contribution in [3.63, 3.8) is 0 Å². The van der Waals surface area contributed by atoms with Gasteiger partial charge >= 0.3 is 12.1 Å². The summed E-state index contributed by atoms with van der Waals surface area (Å²) >= 11 is 0. The van der Waals surface area contributed by atoms with Crippen LogP contribution in [0.3, 0.4) is 0 Å². The van der Waals surface area contributed by atoms with Gasteiger partial charge in [-0.1, -0.05) is 6.08 Å². The minimum absolute atomic E-state index is 0.423. The number of aromatic nitrogens is 2. The zero-order valence-corrected chi connectivity index (χ0v) is 23.0. The van der Waals surface area contributed by atoms with Crippen LogP contribution in [0.5, 0.6) is 0 Å². The second-order valence-corrected chi connectivity index (χ2v) is 9.70. The highest BCUT2D eigenvalue weighted by atomic mass is 16.6. The average Bonchev–Trinajstić information content (AvgIpc) is 3.36. The fourth-order valence-electron chi connectivity index (χ4n) is 3.37. The summed E-state index contributed by atoms with van der Waals surface area (Å²) in [6, 6.07) is 3.53. The second kappa shape index (κ2) is 13.3. The molecular formula is C26H39N7O5. The molecule has 0 radical (unpaired) electrons. The molecule has 2 aromatic rings. The van der Waals surface area contributed by atoms with Crippen LogP contribution in [-0.4, -0.2) is 57.6 Å². The molecule has 0 atom stereocenters. The molecule has 1 amide bonds. The number of likely N-dealkylation sites (N-methyl/N-ethyl adjacent to an activating group) is 1. The van der Waals surface area contributed by atoms with Crippen LogP contribution in [0.4, 0.5) is 10.5 Å². The van der Waals surface area contributed by atoms with Gasteiger partial charge in [-0.25, -0.2) is 9.59 Å². The number of carbonyl (C=O) groups excluding carboxylic acids is 2.